The lowest BCUT2D eigenvalue weighted by molar-refractivity contribution is 0.0643. The minimum absolute atomic E-state index is 0.221. The summed E-state index contributed by atoms with van der Waals surface area (Å²) in [6.07, 6.45) is 0.966. The quantitative estimate of drug-likeness (QED) is 0.339. The Kier molecular flexibility index (Phi) is 5.53. The van der Waals surface area contributed by atoms with E-state index in [1.165, 1.54) is 16.0 Å². The van der Waals surface area contributed by atoms with Gasteiger partial charge in [-0.15, -0.1) is 0 Å². The van der Waals surface area contributed by atoms with Crippen molar-refractivity contribution >= 4 is 22.6 Å². The number of hydrogen-bond donors (Lipinski definition) is 1. The molecule has 0 atom stereocenters. The molecule has 2 amide bonds. The topological polar surface area (TPSA) is 49.4 Å². The van der Waals surface area contributed by atoms with Crippen molar-refractivity contribution in [3.63, 3.8) is 0 Å². The summed E-state index contributed by atoms with van der Waals surface area (Å²) in [4.78, 5) is 27.1. The minimum atomic E-state index is -0.221. The molecule has 0 aromatic heterocycles. The van der Waals surface area contributed by atoms with Gasteiger partial charge in [0.2, 0.25) is 0 Å². The molecule has 0 aliphatic carbocycles. The van der Waals surface area contributed by atoms with Crippen molar-refractivity contribution in [2.75, 3.05) is 6.54 Å². The number of carbonyl (C=O) groups excluding carboxylic acids is 2. The second-order valence-corrected chi connectivity index (χ2v) is 8.09. The lowest BCUT2D eigenvalue weighted by atomic mass is 9.98. The van der Waals surface area contributed by atoms with Gasteiger partial charge < -0.3 is 5.32 Å². The monoisotopic (exact) mass is 420 g/mol. The Balaban J connectivity index is 1.37. The van der Waals surface area contributed by atoms with Crippen molar-refractivity contribution in [2.24, 2.45) is 0 Å². The van der Waals surface area contributed by atoms with Gasteiger partial charge in [-0.3, -0.25) is 14.5 Å². The third-order valence-corrected chi connectivity index (χ3v) is 6.03. The molecule has 4 nitrogen and oxygen atoms in total. The second-order valence-electron chi connectivity index (χ2n) is 8.09. The Morgan fingerprint density at radius 1 is 0.656 bits per heavy atom. The molecule has 1 aliphatic rings. The molecule has 0 unspecified atom stereocenters. The Bertz CT molecular complexity index is 1260. The number of amides is 2. The van der Waals surface area contributed by atoms with E-state index in [0.717, 1.165) is 35.8 Å². The van der Waals surface area contributed by atoms with E-state index in [-0.39, 0.29) is 18.4 Å². The van der Waals surface area contributed by atoms with Crippen LogP contribution in [0.3, 0.4) is 0 Å². The molecule has 0 bridgehead atoms. The molecular formula is C28H24N2O2. The van der Waals surface area contributed by atoms with Crippen LogP contribution in [-0.2, 0) is 19.5 Å². The summed E-state index contributed by atoms with van der Waals surface area (Å²) in [5.41, 5.74) is 4.44. The van der Waals surface area contributed by atoms with Crippen molar-refractivity contribution in [1.82, 2.24) is 10.2 Å². The van der Waals surface area contributed by atoms with Crippen LogP contribution in [0.5, 0.6) is 0 Å². The third-order valence-electron chi connectivity index (χ3n) is 6.03. The van der Waals surface area contributed by atoms with Crippen molar-refractivity contribution in [1.29, 1.82) is 0 Å². The van der Waals surface area contributed by atoms with E-state index in [9.17, 15) is 9.59 Å². The van der Waals surface area contributed by atoms with Gasteiger partial charge in [0, 0.05) is 6.54 Å². The minimum Gasteiger partial charge on any atom is -0.312 e. The van der Waals surface area contributed by atoms with Crippen LogP contribution >= 0.6 is 0 Å². The summed E-state index contributed by atoms with van der Waals surface area (Å²) < 4.78 is 0. The first-order chi connectivity index (χ1) is 15.7. The molecule has 0 spiro atoms. The number of carbonyl (C=O) groups is 2. The van der Waals surface area contributed by atoms with Gasteiger partial charge in [0.15, 0.2) is 0 Å². The van der Waals surface area contributed by atoms with Gasteiger partial charge in [-0.2, -0.15) is 0 Å². The molecule has 1 aliphatic heterocycles. The zero-order valence-corrected chi connectivity index (χ0v) is 17.8. The predicted molar refractivity (Wildman–Crippen MR) is 126 cm³/mol. The molecule has 1 N–H and O–H groups in total. The van der Waals surface area contributed by atoms with E-state index in [1.54, 1.807) is 24.3 Å². The first-order valence-corrected chi connectivity index (χ1v) is 10.9. The number of imide groups is 1. The highest BCUT2D eigenvalue weighted by molar-refractivity contribution is 6.21. The van der Waals surface area contributed by atoms with E-state index in [1.807, 2.05) is 18.2 Å². The second kappa shape index (κ2) is 8.77. The third kappa shape index (κ3) is 3.81. The maximum absolute atomic E-state index is 12.9. The fourth-order valence-corrected chi connectivity index (χ4v) is 4.43. The zero-order valence-electron chi connectivity index (χ0n) is 17.8. The van der Waals surface area contributed by atoms with Crippen molar-refractivity contribution in [3.05, 3.63) is 119 Å². The maximum atomic E-state index is 12.9. The molecule has 0 fully saturated rings. The fourth-order valence-electron chi connectivity index (χ4n) is 4.43. The van der Waals surface area contributed by atoms with Crippen molar-refractivity contribution < 1.29 is 9.59 Å². The Labute approximate surface area is 187 Å². The predicted octanol–water partition coefficient (Wildman–Crippen LogP) is 4.97. The van der Waals surface area contributed by atoms with Gasteiger partial charge >= 0.3 is 0 Å². The lowest BCUT2D eigenvalue weighted by Gasteiger charge is -2.18. The molecule has 5 rings (SSSR count). The summed E-state index contributed by atoms with van der Waals surface area (Å²) in [6.45, 7) is 1.87. The lowest BCUT2D eigenvalue weighted by Crippen LogP contribution is -2.29. The highest BCUT2D eigenvalue weighted by Gasteiger charge is 2.35. The number of nitrogens with one attached hydrogen (secondary N) is 1. The van der Waals surface area contributed by atoms with Crippen LogP contribution in [0.2, 0.25) is 0 Å². The van der Waals surface area contributed by atoms with Gasteiger partial charge in [0.25, 0.3) is 11.8 Å². The van der Waals surface area contributed by atoms with Gasteiger partial charge in [-0.05, 0) is 52.6 Å². The molecule has 4 heteroatoms. The van der Waals surface area contributed by atoms with Gasteiger partial charge in [-0.25, -0.2) is 0 Å². The van der Waals surface area contributed by atoms with E-state index >= 15 is 0 Å². The van der Waals surface area contributed by atoms with Crippen LogP contribution in [0.15, 0.2) is 91.0 Å². The van der Waals surface area contributed by atoms with Crippen molar-refractivity contribution in [3.8, 4) is 0 Å². The largest absolute Gasteiger partial charge is 0.312 e. The molecule has 158 valence electrons. The summed E-state index contributed by atoms with van der Waals surface area (Å²) in [6, 6.07) is 29.8. The highest BCUT2D eigenvalue weighted by atomic mass is 16.2. The molecular weight excluding hydrogens is 396 g/mol. The number of benzene rings is 4. The first-order valence-electron chi connectivity index (χ1n) is 10.9. The Hall–Kier alpha value is -3.76. The Morgan fingerprint density at radius 2 is 1.28 bits per heavy atom. The van der Waals surface area contributed by atoms with Crippen LogP contribution in [0, 0.1) is 0 Å². The van der Waals surface area contributed by atoms with Gasteiger partial charge in [0.05, 0.1) is 17.7 Å². The summed E-state index contributed by atoms with van der Waals surface area (Å²) in [5, 5.41) is 5.77. The van der Waals surface area contributed by atoms with Crippen LogP contribution in [0.25, 0.3) is 10.8 Å². The molecule has 0 radical (unpaired) electrons. The molecule has 4 aromatic rings. The SMILES string of the molecule is O=C1c2ccccc2C(=O)N1Cc1cccc2cccc(CNCCc3ccccc3)c12. The van der Waals surface area contributed by atoms with Gasteiger partial charge in [-0.1, -0.05) is 78.9 Å². The van der Waals surface area contributed by atoms with Gasteiger partial charge in [0.1, 0.15) is 0 Å². The van der Waals surface area contributed by atoms with Crippen LogP contribution in [0.4, 0.5) is 0 Å². The standard InChI is InChI=1S/C28H24N2O2/c31-27-24-14-4-5-15-25(24)28(32)30(27)19-23-13-7-11-21-10-6-12-22(26(21)23)18-29-17-16-20-8-2-1-3-9-20/h1-15,29H,16-19H2. The molecule has 32 heavy (non-hydrogen) atoms. The zero-order chi connectivity index (χ0) is 21.9. The van der Waals surface area contributed by atoms with Crippen LogP contribution < -0.4 is 5.32 Å². The highest BCUT2D eigenvalue weighted by Crippen LogP contribution is 2.28. The van der Waals surface area contributed by atoms with Crippen LogP contribution in [0.1, 0.15) is 37.4 Å². The molecule has 0 saturated heterocycles. The number of rotatable bonds is 7. The van der Waals surface area contributed by atoms with Crippen molar-refractivity contribution in [2.45, 2.75) is 19.5 Å². The smallest absolute Gasteiger partial charge is 0.261 e. The fraction of sp³-hybridized carbons (Fsp3) is 0.143. The summed E-state index contributed by atoms with van der Waals surface area (Å²) in [5.74, 6) is -0.442. The van der Waals surface area contributed by atoms with E-state index < -0.39 is 0 Å². The summed E-state index contributed by atoms with van der Waals surface area (Å²) in [7, 11) is 0. The van der Waals surface area contributed by atoms with E-state index in [4.69, 9.17) is 0 Å². The van der Waals surface area contributed by atoms with Crippen LogP contribution in [-0.4, -0.2) is 23.3 Å². The van der Waals surface area contributed by atoms with E-state index in [0.29, 0.717) is 11.1 Å². The van der Waals surface area contributed by atoms with E-state index in [2.05, 4.69) is 53.8 Å². The summed E-state index contributed by atoms with van der Waals surface area (Å²) >= 11 is 0. The first kappa shape index (κ1) is 20.2. The maximum Gasteiger partial charge on any atom is 0.261 e. The number of fused-ring (bicyclic) bond motifs is 2. The normalized spacial score (nSPS) is 13.1. The Morgan fingerprint density at radius 3 is 1.97 bits per heavy atom. The average Bonchev–Trinajstić information content (AvgIpc) is 3.08. The molecule has 0 saturated carbocycles. The molecule has 4 aromatic carbocycles. The number of nitrogens with zero attached hydrogens (tertiary/aromatic N) is 1. The number of hydrogen-bond acceptors (Lipinski definition) is 3. The average molecular weight is 421 g/mol. The molecule has 1 heterocycles.